The lowest BCUT2D eigenvalue weighted by Gasteiger charge is -2.16. The zero-order valence-electron chi connectivity index (χ0n) is 11.6. The standard InChI is InChI=1S/C16H14ClNO3/c1-9-6-14(19)13(10(2)15(9)17)8-18-12-5-3-4-11(7-12)16(20)21/h3-8,19H,1-2H3,(H,20,21)/p-1. The van der Waals surface area contributed by atoms with Gasteiger partial charge in [-0.1, -0.05) is 29.5 Å². The molecule has 21 heavy (non-hydrogen) atoms. The summed E-state index contributed by atoms with van der Waals surface area (Å²) in [6.07, 6.45) is 1.42. The number of nitrogens with zero attached hydrogens (tertiary/aromatic N) is 1. The van der Waals surface area contributed by atoms with Crippen molar-refractivity contribution in [3.63, 3.8) is 0 Å². The largest absolute Gasteiger partial charge is 0.872 e. The molecule has 0 aliphatic carbocycles. The molecule has 0 saturated heterocycles. The first-order valence-electron chi connectivity index (χ1n) is 6.24. The summed E-state index contributed by atoms with van der Waals surface area (Å²) < 4.78 is 0. The Balaban J connectivity index is 2.40. The Morgan fingerprint density at radius 1 is 1.33 bits per heavy atom. The highest BCUT2D eigenvalue weighted by Crippen LogP contribution is 2.28. The first-order valence-corrected chi connectivity index (χ1v) is 6.62. The van der Waals surface area contributed by atoms with E-state index >= 15 is 0 Å². The van der Waals surface area contributed by atoms with Gasteiger partial charge in [0.2, 0.25) is 0 Å². The monoisotopic (exact) mass is 302 g/mol. The molecule has 0 aliphatic rings. The maximum atomic E-state index is 12.0. The SMILES string of the molecule is Cc1cc([O-])c(C=Nc2cccc(C(=O)O)c2)c(C)c1Cl. The van der Waals surface area contributed by atoms with Crippen molar-refractivity contribution in [2.24, 2.45) is 4.99 Å². The Morgan fingerprint density at radius 2 is 2.05 bits per heavy atom. The molecule has 0 spiro atoms. The summed E-state index contributed by atoms with van der Waals surface area (Å²) in [5, 5.41) is 21.4. The zero-order chi connectivity index (χ0) is 15.6. The highest BCUT2D eigenvalue weighted by molar-refractivity contribution is 6.32. The molecule has 2 rings (SSSR count). The molecule has 0 aliphatic heterocycles. The van der Waals surface area contributed by atoms with Crippen molar-refractivity contribution in [3.05, 3.63) is 57.6 Å². The molecule has 0 heterocycles. The van der Waals surface area contributed by atoms with Crippen molar-refractivity contribution < 1.29 is 15.0 Å². The van der Waals surface area contributed by atoms with Crippen LogP contribution >= 0.6 is 11.6 Å². The van der Waals surface area contributed by atoms with E-state index in [1.165, 1.54) is 24.4 Å². The van der Waals surface area contributed by atoms with Gasteiger partial charge in [-0.05, 0) is 48.7 Å². The second-order valence-electron chi connectivity index (χ2n) is 4.66. The summed E-state index contributed by atoms with van der Waals surface area (Å²) in [6.45, 7) is 3.53. The van der Waals surface area contributed by atoms with Crippen molar-refractivity contribution in [2.45, 2.75) is 13.8 Å². The number of halogens is 1. The summed E-state index contributed by atoms with van der Waals surface area (Å²) in [4.78, 5) is 15.1. The van der Waals surface area contributed by atoms with E-state index in [2.05, 4.69) is 4.99 Å². The fraction of sp³-hybridized carbons (Fsp3) is 0.125. The lowest BCUT2D eigenvalue weighted by molar-refractivity contribution is -0.268. The molecule has 4 nitrogen and oxygen atoms in total. The van der Waals surface area contributed by atoms with E-state index in [0.29, 0.717) is 21.8 Å². The quantitative estimate of drug-likeness (QED) is 0.882. The van der Waals surface area contributed by atoms with E-state index in [4.69, 9.17) is 16.7 Å². The molecular formula is C16H13ClNO3-. The Labute approximate surface area is 127 Å². The molecule has 0 radical (unpaired) electrons. The van der Waals surface area contributed by atoms with Crippen LogP contribution in [-0.4, -0.2) is 17.3 Å². The van der Waals surface area contributed by atoms with Gasteiger partial charge in [-0.3, -0.25) is 4.99 Å². The molecule has 0 saturated carbocycles. The topological polar surface area (TPSA) is 72.7 Å². The molecule has 2 aromatic rings. The first kappa shape index (κ1) is 15.1. The third-order valence-electron chi connectivity index (χ3n) is 3.13. The highest BCUT2D eigenvalue weighted by Gasteiger charge is 2.06. The van der Waals surface area contributed by atoms with Gasteiger partial charge in [-0.25, -0.2) is 4.79 Å². The van der Waals surface area contributed by atoms with Crippen molar-refractivity contribution in [3.8, 4) is 5.75 Å². The number of carbonyl (C=O) groups is 1. The van der Waals surface area contributed by atoms with Crippen molar-refractivity contribution in [1.29, 1.82) is 0 Å². The van der Waals surface area contributed by atoms with Crippen LogP contribution < -0.4 is 5.11 Å². The number of benzene rings is 2. The second kappa shape index (κ2) is 5.97. The molecular weight excluding hydrogens is 290 g/mol. The van der Waals surface area contributed by atoms with Gasteiger partial charge in [-0.2, -0.15) is 0 Å². The number of aromatic carboxylic acids is 1. The summed E-state index contributed by atoms with van der Waals surface area (Å²) in [6, 6.07) is 7.65. The van der Waals surface area contributed by atoms with E-state index in [1.54, 1.807) is 26.0 Å². The van der Waals surface area contributed by atoms with Gasteiger partial charge >= 0.3 is 5.97 Å². The minimum absolute atomic E-state index is 0.144. The lowest BCUT2D eigenvalue weighted by atomic mass is 10.0. The van der Waals surface area contributed by atoms with Crippen LogP contribution in [-0.2, 0) is 0 Å². The molecule has 0 atom stereocenters. The van der Waals surface area contributed by atoms with Crippen LogP contribution in [0, 0.1) is 13.8 Å². The van der Waals surface area contributed by atoms with Gasteiger partial charge in [-0.15, -0.1) is 0 Å². The van der Waals surface area contributed by atoms with E-state index < -0.39 is 5.97 Å². The number of carboxylic acids is 1. The number of carboxylic acid groups (broad SMARTS) is 1. The predicted molar refractivity (Wildman–Crippen MR) is 81.0 cm³/mol. The van der Waals surface area contributed by atoms with Crippen LogP contribution in [0.3, 0.4) is 0 Å². The smallest absolute Gasteiger partial charge is 0.335 e. The van der Waals surface area contributed by atoms with Gasteiger partial charge in [0.05, 0.1) is 11.3 Å². The molecule has 1 N–H and O–H groups in total. The Hall–Kier alpha value is -2.33. The highest BCUT2D eigenvalue weighted by atomic mass is 35.5. The predicted octanol–water partition coefficient (Wildman–Crippen LogP) is 3.48. The van der Waals surface area contributed by atoms with Crippen molar-refractivity contribution in [1.82, 2.24) is 0 Å². The zero-order valence-corrected chi connectivity index (χ0v) is 12.3. The second-order valence-corrected chi connectivity index (χ2v) is 5.04. The number of rotatable bonds is 3. The average molecular weight is 303 g/mol. The van der Waals surface area contributed by atoms with Gasteiger partial charge < -0.3 is 10.2 Å². The normalized spacial score (nSPS) is 11.0. The Kier molecular flexibility index (Phi) is 4.29. The fourth-order valence-electron chi connectivity index (χ4n) is 1.96. The van der Waals surface area contributed by atoms with Gasteiger partial charge in [0.25, 0.3) is 0 Å². The summed E-state index contributed by atoms with van der Waals surface area (Å²) in [5.74, 6) is -1.18. The van der Waals surface area contributed by atoms with Crippen LogP contribution in [0.1, 0.15) is 27.0 Å². The molecule has 0 bridgehead atoms. The third-order valence-corrected chi connectivity index (χ3v) is 3.71. The maximum absolute atomic E-state index is 12.0. The average Bonchev–Trinajstić information content (AvgIpc) is 2.45. The summed E-state index contributed by atoms with van der Waals surface area (Å²) >= 11 is 6.13. The minimum atomic E-state index is -1.02. The van der Waals surface area contributed by atoms with Crippen LogP contribution in [0.25, 0.3) is 0 Å². The van der Waals surface area contributed by atoms with E-state index in [9.17, 15) is 9.90 Å². The molecule has 2 aromatic carbocycles. The first-order chi connectivity index (χ1) is 9.90. The van der Waals surface area contributed by atoms with Gasteiger partial charge in [0.1, 0.15) is 0 Å². The number of aryl methyl sites for hydroxylation is 1. The molecule has 5 heteroatoms. The number of hydrogen-bond acceptors (Lipinski definition) is 3. The minimum Gasteiger partial charge on any atom is -0.872 e. The van der Waals surface area contributed by atoms with E-state index in [1.807, 2.05) is 0 Å². The van der Waals surface area contributed by atoms with E-state index in [-0.39, 0.29) is 11.3 Å². The van der Waals surface area contributed by atoms with Crippen LogP contribution in [0.4, 0.5) is 5.69 Å². The molecule has 0 aromatic heterocycles. The third kappa shape index (κ3) is 3.23. The van der Waals surface area contributed by atoms with Crippen molar-refractivity contribution >= 4 is 29.5 Å². The fourth-order valence-corrected chi connectivity index (χ4v) is 2.11. The van der Waals surface area contributed by atoms with Gasteiger partial charge in [0.15, 0.2) is 0 Å². The number of aliphatic imine (C=N–C) groups is 1. The Morgan fingerprint density at radius 3 is 2.71 bits per heavy atom. The molecule has 108 valence electrons. The summed E-state index contributed by atoms with van der Waals surface area (Å²) in [7, 11) is 0. The molecule has 0 unspecified atom stereocenters. The molecule has 0 amide bonds. The van der Waals surface area contributed by atoms with Gasteiger partial charge in [0, 0.05) is 11.2 Å². The maximum Gasteiger partial charge on any atom is 0.335 e. The Bertz CT molecular complexity index is 739. The van der Waals surface area contributed by atoms with Crippen LogP contribution in [0.2, 0.25) is 5.02 Å². The lowest BCUT2D eigenvalue weighted by Crippen LogP contribution is -2.01. The van der Waals surface area contributed by atoms with E-state index in [0.717, 1.165) is 5.56 Å². The van der Waals surface area contributed by atoms with Crippen LogP contribution in [0.15, 0.2) is 35.3 Å². The summed E-state index contributed by atoms with van der Waals surface area (Å²) in [5.41, 5.74) is 2.41. The molecule has 0 fully saturated rings. The van der Waals surface area contributed by atoms with Crippen LogP contribution in [0.5, 0.6) is 5.75 Å². The van der Waals surface area contributed by atoms with Crippen molar-refractivity contribution in [2.75, 3.05) is 0 Å². The number of hydrogen-bond donors (Lipinski definition) is 1.